The molecular weight excluding hydrogens is 338 g/mol. The van der Waals surface area contributed by atoms with Crippen LogP contribution in [0.15, 0.2) is 54.6 Å². The molecule has 2 rings (SSSR count). The van der Waals surface area contributed by atoms with Gasteiger partial charge in [0.25, 0.3) is 0 Å². The Morgan fingerprint density at radius 2 is 1.65 bits per heavy atom. The molecule has 0 saturated carbocycles. The molecule has 2 aromatic rings. The monoisotopic (exact) mass is 351 g/mol. The Morgan fingerprint density at radius 1 is 1.17 bits per heavy atom. The van der Waals surface area contributed by atoms with E-state index in [1.165, 1.54) is 13.5 Å². The van der Waals surface area contributed by atoms with Gasteiger partial charge in [-0.15, -0.1) is 12.1 Å². The Balaban J connectivity index is -0.000000335. The maximum Gasteiger partial charge on any atom is 2.00 e. The molecule has 0 aromatic heterocycles. The van der Waals surface area contributed by atoms with Crippen molar-refractivity contribution in [2.24, 2.45) is 0 Å². The van der Waals surface area contributed by atoms with E-state index in [9.17, 15) is 4.79 Å². The molecule has 0 aliphatic carbocycles. The van der Waals surface area contributed by atoms with Crippen molar-refractivity contribution in [3.05, 3.63) is 85.4 Å². The van der Waals surface area contributed by atoms with Crippen molar-refractivity contribution in [1.82, 2.24) is 0 Å². The molecule has 0 radical (unpaired) electrons. The average Bonchev–Trinajstić information content (AvgIpc) is 3.19. The minimum absolute atomic E-state index is 0. The SMILES string of the molecule is COC(=O)c1ccc([CH-]C#N)cc1.[C-]#[O+].[C-]#[O+].[Fe+2].c1cc[cH-]c1. The van der Waals surface area contributed by atoms with Crippen molar-refractivity contribution in [2.45, 2.75) is 0 Å². The van der Waals surface area contributed by atoms with Crippen molar-refractivity contribution in [1.29, 1.82) is 5.26 Å². The summed E-state index contributed by atoms with van der Waals surface area (Å²) in [5.41, 5.74) is 1.26. The van der Waals surface area contributed by atoms with Crippen LogP contribution in [-0.4, -0.2) is 13.1 Å². The minimum Gasteiger partial charge on any atom is -0.214 e. The first-order valence-electron chi connectivity index (χ1n) is 5.76. The number of carbonyl (C=O) groups excluding carboxylic acids is 1. The molecule has 118 valence electrons. The summed E-state index contributed by atoms with van der Waals surface area (Å²) in [6.07, 6.45) is 1.40. The fraction of sp³-hybridized carbons (Fsp3) is 0.0588. The van der Waals surface area contributed by atoms with Gasteiger partial charge < -0.3 is 4.74 Å². The second kappa shape index (κ2) is 19.4. The van der Waals surface area contributed by atoms with E-state index in [1.807, 2.05) is 36.4 Å². The van der Waals surface area contributed by atoms with E-state index in [0.717, 1.165) is 5.56 Å². The smallest absolute Gasteiger partial charge is 0.214 e. The third kappa shape index (κ3) is 12.8. The number of nitriles is 1. The van der Waals surface area contributed by atoms with Gasteiger partial charge in [0.2, 0.25) is 0 Å². The van der Waals surface area contributed by atoms with E-state index >= 15 is 0 Å². The zero-order chi connectivity index (χ0) is 17.2. The standard InChI is InChI=1S/C10H8NO2.C5H5.2CO.Fe/c1-13-10(12)9-4-2-8(3-5-9)6-7-11;1-2-4-5-3-1;2*1-2;/h2-6H,1H3;1-5H;;;/q2*-1;;;+2. The van der Waals surface area contributed by atoms with Gasteiger partial charge in [-0.25, -0.2) is 22.2 Å². The zero-order valence-electron chi connectivity index (χ0n) is 12.2. The molecule has 0 amide bonds. The van der Waals surface area contributed by atoms with Gasteiger partial charge in [0.05, 0.1) is 7.11 Å². The number of carbonyl (C=O) groups is 1. The van der Waals surface area contributed by atoms with Gasteiger partial charge in [-0.2, -0.15) is 35.9 Å². The molecule has 5 nitrogen and oxygen atoms in total. The van der Waals surface area contributed by atoms with Crippen molar-refractivity contribution in [2.75, 3.05) is 7.11 Å². The Labute approximate surface area is 146 Å². The van der Waals surface area contributed by atoms with Gasteiger partial charge in [0, 0.05) is 11.6 Å². The predicted octanol–water partition coefficient (Wildman–Crippen LogP) is 2.88. The normalized spacial score (nSPS) is 6.78. The number of nitrogens with zero attached hydrogens (tertiary/aromatic N) is 1. The number of hydrogen-bond acceptors (Lipinski definition) is 3. The van der Waals surface area contributed by atoms with Crippen LogP contribution in [0.5, 0.6) is 0 Å². The molecule has 2 aromatic carbocycles. The first kappa shape index (κ1) is 25.4. The topological polar surface area (TPSA) is 89.9 Å². The summed E-state index contributed by atoms with van der Waals surface area (Å²) in [5.74, 6) is -0.372. The first-order valence-corrected chi connectivity index (χ1v) is 5.76. The van der Waals surface area contributed by atoms with E-state index in [4.69, 9.17) is 14.6 Å². The molecule has 0 aliphatic rings. The van der Waals surface area contributed by atoms with Crippen LogP contribution in [0, 0.1) is 31.1 Å². The van der Waals surface area contributed by atoms with E-state index in [-0.39, 0.29) is 23.0 Å². The summed E-state index contributed by atoms with van der Waals surface area (Å²) in [4.78, 5) is 11.0. The molecule has 23 heavy (non-hydrogen) atoms. The third-order valence-corrected chi connectivity index (χ3v) is 2.12. The number of rotatable bonds is 2. The quantitative estimate of drug-likeness (QED) is 0.361. The molecule has 0 bridgehead atoms. The number of methoxy groups -OCH3 is 1. The second-order valence-corrected chi connectivity index (χ2v) is 3.35. The van der Waals surface area contributed by atoms with Crippen LogP contribution in [0.4, 0.5) is 0 Å². The summed E-state index contributed by atoms with van der Waals surface area (Å²) >= 11 is 0. The van der Waals surface area contributed by atoms with Gasteiger partial charge in [0.1, 0.15) is 0 Å². The van der Waals surface area contributed by atoms with Gasteiger partial charge in [-0.3, -0.25) is 0 Å². The maximum atomic E-state index is 11.0. The van der Waals surface area contributed by atoms with Gasteiger partial charge in [0.15, 0.2) is 0 Å². The fourth-order valence-corrected chi connectivity index (χ4v) is 1.23. The van der Waals surface area contributed by atoms with Crippen LogP contribution < -0.4 is 0 Å². The van der Waals surface area contributed by atoms with Crippen LogP contribution in [0.2, 0.25) is 0 Å². The van der Waals surface area contributed by atoms with Crippen LogP contribution >= 0.6 is 0 Å². The van der Waals surface area contributed by atoms with Gasteiger partial charge in [-0.1, -0.05) is 6.42 Å². The van der Waals surface area contributed by atoms with Gasteiger partial charge in [-0.05, 0) is 0 Å². The maximum absolute atomic E-state index is 11.0. The minimum atomic E-state index is -0.372. The molecule has 0 saturated heterocycles. The molecule has 0 unspecified atom stereocenters. The zero-order valence-corrected chi connectivity index (χ0v) is 13.3. The average molecular weight is 351 g/mol. The molecule has 6 heteroatoms. The predicted molar refractivity (Wildman–Crippen MR) is 76.7 cm³/mol. The fourth-order valence-electron chi connectivity index (χ4n) is 1.23. The number of ether oxygens (including phenoxy) is 1. The summed E-state index contributed by atoms with van der Waals surface area (Å²) in [6.45, 7) is 9.00. The summed E-state index contributed by atoms with van der Waals surface area (Å²) in [7, 11) is 1.33. The van der Waals surface area contributed by atoms with E-state index < -0.39 is 0 Å². The molecule has 0 atom stereocenters. The molecule has 0 fully saturated rings. The van der Waals surface area contributed by atoms with E-state index in [1.54, 1.807) is 24.3 Å². The summed E-state index contributed by atoms with van der Waals surface area (Å²) < 4.78 is 19.5. The Morgan fingerprint density at radius 3 is 1.96 bits per heavy atom. The van der Waals surface area contributed by atoms with Crippen LogP contribution in [-0.2, 0) is 31.1 Å². The molecule has 0 aliphatic heterocycles. The molecule has 0 spiro atoms. The Hall–Kier alpha value is -2.60. The van der Waals surface area contributed by atoms with Crippen molar-refractivity contribution < 1.29 is 35.9 Å². The number of hydrogen-bond donors (Lipinski definition) is 0. The third-order valence-electron chi connectivity index (χ3n) is 2.12. The number of benzene rings is 1. The summed E-state index contributed by atoms with van der Waals surface area (Å²) in [5, 5.41) is 8.35. The second-order valence-electron chi connectivity index (χ2n) is 3.35. The van der Waals surface area contributed by atoms with Crippen molar-refractivity contribution >= 4 is 5.97 Å². The Kier molecular flexibility index (Phi) is 21.4. The first-order chi connectivity index (χ1) is 10.8. The molecule has 0 heterocycles. The summed E-state index contributed by atoms with van der Waals surface area (Å²) in [6, 6.07) is 18.5. The van der Waals surface area contributed by atoms with Gasteiger partial charge >= 0.3 is 45.6 Å². The van der Waals surface area contributed by atoms with E-state index in [2.05, 4.69) is 18.0 Å². The number of esters is 1. The van der Waals surface area contributed by atoms with E-state index in [0.29, 0.717) is 5.56 Å². The largest absolute Gasteiger partial charge is 2.00 e. The van der Waals surface area contributed by atoms with Crippen molar-refractivity contribution in [3.8, 4) is 6.07 Å². The van der Waals surface area contributed by atoms with Crippen LogP contribution in [0.1, 0.15) is 15.9 Å². The Bertz CT molecular complexity index is 557. The molecule has 0 N–H and O–H groups in total. The van der Waals surface area contributed by atoms with Crippen molar-refractivity contribution in [3.63, 3.8) is 0 Å². The van der Waals surface area contributed by atoms with Crippen LogP contribution in [0.25, 0.3) is 0 Å². The van der Waals surface area contributed by atoms with Crippen LogP contribution in [0.3, 0.4) is 0 Å². The molecular formula is C17H13FeNO4.